The van der Waals surface area contributed by atoms with Crippen molar-refractivity contribution in [2.45, 2.75) is 46.3 Å². The summed E-state index contributed by atoms with van der Waals surface area (Å²) < 4.78 is 17.7. The minimum absolute atomic E-state index is 0.391. The molecular formula is C23H28N4OS. The lowest BCUT2D eigenvalue weighted by Gasteiger charge is -2.25. The summed E-state index contributed by atoms with van der Waals surface area (Å²) in [5.41, 5.74) is 5.53. The van der Waals surface area contributed by atoms with Gasteiger partial charge in [-0.1, -0.05) is 36.4 Å². The lowest BCUT2D eigenvalue weighted by Crippen LogP contribution is -2.38. The Labute approximate surface area is 176 Å². The SMILES string of the molecule is C/C=C(\N[S+]([O-])C(C)(C)C)c1cc(-n2c(C)ccc2C)nnc1-c1ccccc1. The van der Waals surface area contributed by atoms with Gasteiger partial charge in [-0.05, 0) is 59.7 Å². The van der Waals surface area contributed by atoms with E-state index in [2.05, 4.69) is 31.6 Å². The third-order valence-corrected chi connectivity index (χ3v) is 6.18. The molecule has 2 heterocycles. The van der Waals surface area contributed by atoms with Crippen LogP contribution in [-0.2, 0) is 11.4 Å². The Morgan fingerprint density at radius 1 is 1.03 bits per heavy atom. The first-order chi connectivity index (χ1) is 13.7. The van der Waals surface area contributed by atoms with Gasteiger partial charge in [0.1, 0.15) is 10.4 Å². The van der Waals surface area contributed by atoms with Crippen molar-refractivity contribution in [3.8, 4) is 17.1 Å². The Kier molecular flexibility index (Phi) is 6.15. The van der Waals surface area contributed by atoms with Crippen LogP contribution in [0.15, 0.2) is 54.6 Å². The minimum Gasteiger partial charge on any atom is -0.593 e. The van der Waals surface area contributed by atoms with Crippen LogP contribution in [0.25, 0.3) is 22.8 Å². The Morgan fingerprint density at radius 3 is 2.21 bits per heavy atom. The monoisotopic (exact) mass is 408 g/mol. The molecule has 0 aliphatic rings. The van der Waals surface area contributed by atoms with Crippen LogP contribution in [0, 0.1) is 13.8 Å². The van der Waals surface area contributed by atoms with Gasteiger partial charge >= 0.3 is 0 Å². The quantitative estimate of drug-likeness (QED) is 0.606. The summed E-state index contributed by atoms with van der Waals surface area (Å²) in [4.78, 5) is 0. The summed E-state index contributed by atoms with van der Waals surface area (Å²) in [6.07, 6.45) is 1.94. The van der Waals surface area contributed by atoms with Crippen LogP contribution in [0.2, 0.25) is 0 Å². The van der Waals surface area contributed by atoms with Crippen molar-refractivity contribution in [1.29, 1.82) is 0 Å². The minimum atomic E-state index is -1.26. The Bertz CT molecular complexity index is 1000. The predicted octanol–water partition coefficient (Wildman–Crippen LogP) is 4.96. The van der Waals surface area contributed by atoms with Crippen molar-refractivity contribution in [2.75, 3.05) is 0 Å². The van der Waals surface area contributed by atoms with E-state index in [1.807, 2.05) is 84.0 Å². The summed E-state index contributed by atoms with van der Waals surface area (Å²) in [5.74, 6) is 0.738. The highest BCUT2D eigenvalue weighted by molar-refractivity contribution is 7.91. The third kappa shape index (κ3) is 4.54. The standard InChI is InChI=1S/C23H28N4OS/c1-7-20(26-29(28)23(4,5)6)19-15-21(27-16(2)13-14-17(27)3)24-25-22(19)18-11-9-8-10-12-18/h7-15,26H,1-6H3/b20-7-. The molecular weight excluding hydrogens is 380 g/mol. The molecule has 1 unspecified atom stereocenters. The van der Waals surface area contributed by atoms with Crippen LogP contribution in [0.4, 0.5) is 0 Å². The molecule has 29 heavy (non-hydrogen) atoms. The molecule has 2 aromatic heterocycles. The van der Waals surface area contributed by atoms with Crippen molar-refractivity contribution < 1.29 is 4.55 Å². The maximum Gasteiger partial charge on any atom is 0.160 e. The number of rotatable bonds is 5. The molecule has 0 aliphatic carbocycles. The number of hydrogen-bond acceptors (Lipinski definition) is 4. The second-order valence-electron chi connectivity index (χ2n) is 7.97. The first kappa shape index (κ1) is 21.1. The zero-order valence-corrected chi connectivity index (χ0v) is 18.7. The van der Waals surface area contributed by atoms with Crippen molar-refractivity contribution >= 4 is 17.1 Å². The largest absolute Gasteiger partial charge is 0.593 e. The highest BCUT2D eigenvalue weighted by Gasteiger charge is 2.28. The molecule has 0 spiro atoms. The molecule has 1 aromatic carbocycles. The number of hydrogen-bond donors (Lipinski definition) is 1. The summed E-state index contributed by atoms with van der Waals surface area (Å²) in [6.45, 7) is 11.9. The van der Waals surface area contributed by atoms with E-state index in [-0.39, 0.29) is 0 Å². The van der Waals surface area contributed by atoms with E-state index in [9.17, 15) is 4.55 Å². The van der Waals surface area contributed by atoms with Gasteiger partial charge in [0.15, 0.2) is 5.82 Å². The van der Waals surface area contributed by atoms with E-state index < -0.39 is 16.1 Å². The maximum atomic E-state index is 12.8. The van der Waals surface area contributed by atoms with Gasteiger partial charge < -0.3 is 9.12 Å². The van der Waals surface area contributed by atoms with E-state index >= 15 is 0 Å². The number of benzene rings is 1. The molecule has 0 saturated carbocycles. The smallest absolute Gasteiger partial charge is 0.160 e. The Hall–Kier alpha value is -2.57. The molecule has 6 heteroatoms. The van der Waals surface area contributed by atoms with Crippen LogP contribution in [0.5, 0.6) is 0 Å². The molecule has 152 valence electrons. The topological polar surface area (TPSA) is 65.8 Å². The van der Waals surface area contributed by atoms with Gasteiger partial charge in [-0.2, -0.15) is 0 Å². The molecule has 0 radical (unpaired) electrons. The second-order valence-corrected chi connectivity index (χ2v) is 9.93. The zero-order valence-electron chi connectivity index (χ0n) is 17.9. The molecule has 0 amide bonds. The van der Waals surface area contributed by atoms with Crippen LogP contribution < -0.4 is 4.72 Å². The van der Waals surface area contributed by atoms with Gasteiger partial charge in [0.25, 0.3) is 0 Å². The number of allylic oxidation sites excluding steroid dienone is 1. The van der Waals surface area contributed by atoms with Crippen LogP contribution in [0.3, 0.4) is 0 Å². The fourth-order valence-corrected chi connectivity index (χ4v) is 3.79. The van der Waals surface area contributed by atoms with Crippen LogP contribution in [0.1, 0.15) is 44.6 Å². The molecule has 3 rings (SSSR count). The third-order valence-electron chi connectivity index (χ3n) is 4.67. The molecule has 0 saturated heterocycles. The van der Waals surface area contributed by atoms with Crippen molar-refractivity contribution in [3.05, 3.63) is 71.6 Å². The molecule has 3 aromatic rings. The van der Waals surface area contributed by atoms with E-state index in [0.717, 1.165) is 39.7 Å². The first-order valence-electron chi connectivity index (χ1n) is 9.66. The zero-order chi connectivity index (χ0) is 21.2. The number of aromatic nitrogens is 3. The average molecular weight is 409 g/mol. The van der Waals surface area contributed by atoms with Gasteiger partial charge in [-0.15, -0.1) is 10.2 Å². The van der Waals surface area contributed by atoms with Gasteiger partial charge in [0.2, 0.25) is 0 Å². The number of nitrogens with one attached hydrogen (secondary N) is 1. The number of aryl methyl sites for hydroxylation is 2. The van der Waals surface area contributed by atoms with Gasteiger partial charge in [-0.25, -0.2) is 4.72 Å². The molecule has 5 nitrogen and oxygen atoms in total. The van der Waals surface area contributed by atoms with Gasteiger partial charge in [0, 0.05) is 22.5 Å². The summed E-state index contributed by atoms with van der Waals surface area (Å²) in [6, 6.07) is 16.1. The second kappa shape index (κ2) is 8.43. The molecule has 0 aliphatic heterocycles. The fraction of sp³-hybridized carbons (Fsp3) is 0.304. The molecule has 1 atom stereocenters. The van der Waals surface area contributed by atoms with E-state index in [1.165, 1.54) is 0 Å². The highest BCUT2D eigenvalue weighted by Crippen LogP contribution is 2.29. The van der Waals surface area contributed by atoms with Crippen molar-refractivity contribution in [2.24, 2.45) is 0 Å². The van der Waals surface area contributed by atoms with Crippen molar-refractivity contribution in [3.63, 3.8) is 0 Å². The first-order valence-corrected chi connectivity index (χ1v) is 10.8. The summed E-state index contributed by atoms with van der Waals surface area (Å²) >= 11 is -1.26. The van der Waals surface area contributed by atoms with Crippen molar-refractivity contribution in [1.82, 2.24) is 19.5 Å². The predicted molar refractivity (Wildman–Crippen MR) is 121 cm³/mol. The Morgan fingerprint density at radius 2 is 1.66 bits per heavy atom. The molecule has 0 fully saturated rings. The summed E-state index contributed by atoms with van der Waals surface area (Å²) in [7, 11) is 0. The molecule has 0 bridgehead atoms. The van der Waals surface area contributed by atoms with E-state index in [0.29, 0.717) is 0 Å². The average Bonchev–Trinajstić information content (AvgIpc) is 3.03. The lowest BCUT2D eigenvalue weighted by molar-refractivity contribution is 0.554. The lowest BCUT2D eigenvalue weighted by atomic mass is 10.0. The highest BCUT2D eigenvalue weighted by atomic mass is 32.2. The van der Waals surface area contributed by atoms with Crippen LogP contribution in [-0.4, -0.2) is 24.1 Å². The Balaban J connectivity index is 2.16. The number of nitrogens with zero attached hydrogens (tertiary/aromatic N) is 3. The van der Waals surface area contributed by atoms with E-state index in [4.69, 9.17) is 0 Å². The molecule has 1 N–H and O–H groups in total. The van der Waals surface area contributed by atoms with Gasteiger partial charge in [0.05, 0.1) is 17.1 Å². The van der Waals surface area contributed by atoms with Crippen LogP contribution >= 0.6 is 0 Å². The summed E-state index contributed by atoms with van der Waals surface area (Å²) in [5, 5.41) is 9.08. The van der Waals surface area contributed by atoms with Gasteiger partial charge in [-0.3, -0.25) is 0 Å². The maximum absolute atomic E-state index is 12.8. The normalized spacial score (nSPS) is 13.4. The fourth-order valence-electron chi connectivity index (χ4n) is 3.06. The van der Waals surface area contributed by atoms with E-state index in [1.54, 1.807) is 0 Å².